The fourth-order valence-corrected chi connectivity index (χ4v) is 2.39. The molecule has 4 heteroatoms. The van der Waals surface area contributed by atoms with Gasteiger partial charge in [0.1, 0.15) is 11.2 Å². The van der Waals surface area contributed by atoms with Crippen LogP contribution in [0.1, 0.15) is 24.8 Å². The van der Waals surface area contributed by atoms with Crippen molar-refractivity contribution < 1.29 is 9.53 Å². The van der Waals surface area contributed by atoms with Crippen molar-refractivity contribution in [3.8, 4) is 11.8 Å². The normalized spacial score (nSPS) is 16.1. The van der Waals surface area contributed by atoms with Gasteiger partial charge in [0, 0.05) is 13.6 Å². The Morgan fingerprint density at radius 2 is 2.26 bits per heavy atom. The van der Waals surface area contributed by atoms with Crippen LogP contribution in [0.15, 0.2) is 24.3 Å². The predicted molar refractivity (Wildman–Crippen MR) is 71.4 cm³/mol. The molecule has 0 radical (unpaired) electrons. The topological polar surface area (TPSA) is 53.3 Å². The quantitative estimate of drug-likeness (QED) is 0.833. The first-order valence-electron chi connectivity index (χ1n) is 6.41. The van der Waals surface area contributed by atoms with E-state index in [-0.39, 0.29) is 5.91 Å². The number of hydrogen-bond acceptors (Lipinski definition) is 3. The Hall–Kier alpha value is -2.02. The summed E-state index contributed by atoms with van der Waals surface area (Å²) in [5.74, 6) is 0.709. The van der Waals surface area contributed by atoms with E-state index in [1.807, 2.05) is 24.3 Å². The van der Waals surface area contributed by atoms with E-state index in [4.69, 9.17) is 4.74 Å². The molecule has 1 aliphatic carbocycles. The van der Waals surface area contributed by atoms with Crippen molar-refractivity contribution in [1.82, 2.24) is 4.90 Å². The number of hydrogen-bond donors (Lipinski definition) is 0. The highest BCUT2D eigenvalue weighted by molar-refractivity contribution is 5.86. The molecular formula is C15H18N2O2. The molecule has 1 aromatic carbocycles. The molecule has 0 heterocycles. The molecule has 0 N–H and O–H groups in total. The van der Waals surface area contributed by atoms with E-state index in [0.29, 0.717) is 19.4 Å². The van der Waals surface area contributed by atoms with Gasteiger partial charge < -0.3 is 9.64 Å². The van der Waals surface area contributed by atoms with Crippen molar-refractivity contribution in [2.24, 2.45) is 5.41 Å². The Morgan fingerprint density at radius 1 is 1.53 bits per heavy atom. The number of carbonyl (C=O) groups excluding carboxylic acids is 1. The van der Waals surface area contributed by atoms with Crippen molar-refractivity contribution in [2.75, 3.05) is 14.2 Å². The summed E-state index contributed by atoms with van der Waals surface area (Å²) >= 11 is 0. The van der Waals surface area contributed by atoms with E-state index in [1.165, 1.54) is 0 Å². The summed E-state index contributed by atoms with van der Waals surface area (Å²) in [5.41, 5.74) is 0.232. The summed E-state index contributed by atoms with van der Waals surface area (Å²) in [6, 6.07) is 9.81. The van der Waals surface area contributed by atoms with E-state index >= 15 is 0 Å². The second kappa shape index (κ2) is 5.31. The number of carbonyl (C=O) groups is 1. The Bertz CT molecular complexity index is 515. The monoisotopic (exact) mass is 258 g/mol. The van der Waals surface area contributed by atoms with E-state index in [0.717, 1.165) is 17.7 Å². The minimum absolute atomic E-state index is 0.0657. The van der Waals surface area contributed by atoms with Crippen LogP contribution >= 0.6 is 0 Å². The summed E-state index contributed by atoms with van der Waals surface area (Å²) in [7, 11) is 3.37. The van der Waals surface area contributed by atoms with Crippen LogP contribution in [-0.4, -0.2) is 25.0 Å². The third kappa shape index (κ3) is 2.55. The van der Waals surface area contributed by atoms with Gasteiger partial charge in [-0.3, -0.25) is 4.79 Å². The molecule has 0 atom stereocenters. The lowest BCUT2D eigenvalue weighted by Crippen LogP contribution is -2.45. The first-order valence-corrected chi connectivity index (χ1v) is 6.41. The summed E-state index contributed by atoms with van der Waals surface area (Å²) in [6.45, 7) is 0.499. The van der Waals surface area contributed by atoms with Crippen LogP contribution in [0.5, 0.6) is 5.75 Å². The molecule has 2 rings (SSSR count). The molecule has 0 aliphatic heterocycles. The number of nitriles is 1. The maximum atomic E-state index is 12.3. The first-order chi connectivity index (χ1) is 9.11. The van der Waals surface area contributed by atoms with Crippen molar-refractivity contribution in [1.29, 1.82) is 5.26 Å². The highest BCUT2D eigenvalue weighted by Gasteiger charge is 2.46. The van der Waals surface area contributed by atoms with Crippen LogP contribution in [0.3, 0.4) is 0 Å². The zero-order valence-corrected chi connectivity index (χ0v) is 11.3. The smallest absolute Gasteiger partial charge is 0.243 e. The molecule has 1 fully saturated rings. The molecule has 0 unspecified atom stereocenters. The minimum atomic E-state index is -0.770. The summed E-state index contributed by atoms with van der Waals surface area (Å²) in [4.78, 5) is 13.9. The van der Waals surface area contributed by atoms with Crippen LogP contribution in [0, 0.1) is 16.7 Å². The molecule has 19 heavy (non-hydrogen) atoms. The predicted octanol–water partition coefficient (Wildman–Crippen LogP) is 2.35. The lowest BCUT2D eigenvalue weighted by atomic mass is 9.69. The zero-order valence-electron chi connectivity index (χ0n) is 11.3. The Morgan fingerprint density at radius 3 is 2.79 bits per heavy atom. The number of ether oxygens (including phenoxy) is 1. The van der Waals surface area contributed by atoms with Crippen molar-refractivity contribution >= 4 is 5.91 Å². The average Bonchev–Trinajstić information content (AvgIpc) is 2.38. The number of amides is 1. The first kappa shape index (κ1) is 13.4. The van der Waals surface area contributed by atoms with Gasteiger partial charge in [-0.1, -0.05) is 12.1 Å². The molecule has 0 aromatic heterocycles. The molecule has 4 nitrogen and oxygen atoms in total. The lowest BCUT2D eigenvalue weighted by molar-refractivity contribution is -0.142. The molecule has 0 saturated heterocycles. The van der Waals surface area contributed by atoms with Gasteiger partial charge in [-0.2, -0.15) is 5.26 Å². The second-order valence-corrected chi connectivity index (χ2v) is 5.06. The summed E-state index contributed by atoms with van der Waals surface area (Å²) in [5, 5.41) is 9.19. The maximum Gasteiger partial charge on any atom is 0.243 e. The minimum Gasteiger partial charge on any atom is -0.497 e. The highest BCUT2D eigenvalue weighted by Crippen LogP contribution is 2.41. The summed E-state index contributed by atoms with van der Waals surface area (Å²) < 4.78 is 5.16. The molecule has 1 saturated carbocycles. The van der Waals surface area contributed by atoms with E-state index < -0.39 is 5.41 Å². The fraction of sp³-hybridized carbons (Fsp3) is 0.467. The molecule has 1 aliphatic rings. The van der Waals surface area contributed by atoms with E-state index in [9.17, 15) is 10.1 Å². The van der Waals surface area contributed by atoms with Crippen LogP contribution in [0.25, 0.3) is 0 Å². The zero-order chi connectivity index (χ0) is 13.9. The molecule has 100 valence electrons. The SMILES string of the molecule is COc1cccc(CN(C)C(=O)C2(C#N)CCC2)c1. The average molecular weight is 258 g/mol. The fourth-order valence-electron chi connectivity index (χ4n) is 2.39. The van der Waals surface area contributed by atoms with Gasteiger partial charge in [-0.15, -0.1) is 0 Å². The van der Waals surface area contributed by atoms with Gasteiger partial charge in [0.2, 0.25) is 5.91 Å². The van der Waals surface area contributed by atoms with E-state index in [1.54, 1.807) is 19.1 Å². The third-order valence-electron chi connectivity index (χ3n) is 3.73. The largest absolute Gasteiger partial charge is 0.497 e. The van der Waals surface area contributed by atoms with Gasteiger partial charge in [-0.25, -0.2) is 0 Å². The van der Waals surface area contributed by atoms with Crippen LogP contribution in [-0.2, 0) is 11.3 Å². The Labute approximate surface area is 113 Å². The molecular weight excluding hydrogens is 240 g/mol. The number of rotatable bonds is 4. The molecule has 1 aromatic rings. The number of nitrogens with zero attached hydrogens (tertiary/aromatic N) is 2. The van der Waals surface area contributed by atoms with Crippen LogP contribution < -0.4 is 4.74 Å². The Balaban J connectivity index is 2.06. The number of methoxy groups -OCH3 is 1. The van der Waals surface area contributed by atoms with Gasteiger partial charge in [-0.05, 0) is 37.0 Å². The van der Waals surface area contributed by atoms with E-state index in [2.05, 4.69) is 6.07 Å². The second-order valence-electron chi connectivity index (χ2n) is 5.06. The summed E-state index contributed by atoms with van der Waals surface area (Å²) in [6.07, 6.45) is 2.34. The number of benzene rings is 1. The lowest BCUT2D eigenvalue weighted by Gasteiger charge is -2.36. The standard InChI is InChI=1S/C15H18N2O2/c1-17(14(18)15(11-16)7-4-8-15)10-12-5-3-6-13(9-12)19-2/h3,5-6,9H,4,7-8,10H2,1-2H3. The van der Waals surface area contributed by atoms with Crippen LogP contribution in [0.2, 0.25) is 0 Å². The maximum absolute atomic E-state index is 12.3. The van der Waals surface area contributed by atoms with Gasteiger partial charge >= 0.3 is 0 Å². The molecule has 0 spiro atoms. The van der Waals surface area contributed by atoms with Gasteiger partial charge in [0.25, 0.3) is 0 Å². The third-order valence-corrected chi connectivity index (χ3v) is 3.73. The Kier molecular flexibility index (Phi) is 3.75. The van der Waals surface area contributed by atoms with Crippen molar-refractivity contribution in [3.05, 3.63) is 29.8 Å². The molecule has 1 amide bonds. The van der Waals surface area contributed by atoms with Gasteiger partial charge in [0.05, 0.1) is 13.2 Å². The van der Waals surface area contributed by atoms with Crippen LogP contribution in [0.4, 0.5) is 0 Å². The van der Waals surface area contributed by atoms with Crippen molar-refractivity contribution in [3.63, 3.8) is 0 Å². The van der Waals surface area contributed by atoms with Crippen molar-refractivity contribution in [2.45, 2.75) is 25.8 Å². The molecule has 0 bridgehead atoms. The van der Waals surface area contributed by atoms with Gasteiger partial charge in [0.15, 0.2) is 0 Å². The highest BCUT2D eigenvalue weighted by atomic mass is 16.5.